The van der Waals surface area contributed by atoms with E-state index in [9.17, 15) is 13.2 Å². The average molecular weight is 430 g/mol. The lowest BCUT2D eigenvalue weighted by Gasteiger charge is -2.11. The van der Waals surface area contributed by atoms with Crippen molar-refractivity contribution in [2.45, 2.75) is 4.90 Å². The number of halogens is 1. The van der Waals surface area contributed by atoms with E-state index in [0.717, 1.165) is 11.4 Å². The van der Waals surface area contributed by atoms with E-state index >= 15 is 0 Å². The molecule has 3 aromatic rings. The van der Waals surface area contributed by atoms with Crippen molar-refractivity contribution in [3.63, 3.8) is 0 Å². The van der Waals surface area contributed by atoms with Crippen LogP contribution in [0.25, 0.3) is 0 Å². The Morgan fingerprint density at radius 1 is 0.862 bits per heavy atom. The highest BCUT2D eigenvalue weighted by molar-refractivity contribution is 7.92. The summed E-state index contributed by atoms with van der Waals surface area (Å²) in [5.41, 5.74) is 11.3. The van der Waals surface area contributed by atoms with Crippen molar-refractivity contribution >= 4 is 50.3 Å². The van der Waals surface area contributed by atoms with Gasteiger partial charge in [0.25, 0.3) is 15.9 Å². The zero-order valence-electron chi connectivity index (χ0n) is 14.9. The third kappa shape index (κ3) is 4.27. The Morgan fingerprint density at radius 2 is 1.59 bits per heavy atom. The number of rotatable bonds is 5. The second kappa shape index (κ2) is 7.63. The molecule has 0 spiro atoms. The summed E-state index contributed by atoms with van der Waals surface area (Å²) in [6, 6.07) is 17.5. The summed E-state index contributed by atoms with van der Waals surface area (Å²) in [5, 5.41) is 3.21. The summed E-state index contributed by atoms with van der Waals surface area (Å²) in [7, 11) is -3.78. The third-order valence-corrected chi connectivity index (χ3v) is 5.82. The number of hydrogen-bond acceptors (Lipinski definition) is 6. The standard InChI is InChI=1S/C19H16ClN5O3S/c20-13-5-7-16(8-6-13)29(27,28)24-15-3-1-2-14(11-15)21-19(26)12-4-9-17-18(10-12)23-25-22-17/h1-11,22-25H,(H,21,26). The first kappa shape index (κ1) is 19.1. The van der Waals surface area contributed by atoms with E-state index < -0.39 is 10.0 Å². The van der Waals surface area contributed by atoms with E-state index in [1.807, 2.05) is 0 Å². The van der Waals surface area contributed by atoms with Crippen LogP contribution in [0, 0.1) is 0 Å². The summed E-state index contributed by atoms with van der Waals surface area (Å²) in [4.78, 5) is 12.6. The summed E-state index contributed by atoms with van der Waals surface area (Å²) < 4.78 is 27.5. The van der Waals surface area contributed by atoms with Crippen LogP contribution >= 0.6 is 11.6 Å². The largest absolute Gasteiger partial charge is 0.322 e. The van der Waals surface area contributed by atoms with Gasteiger partial charge in [-0.1, -0.05) is 17.7 Å². The van der Waals surface area contributed by atoms with E-state index in [1.165, 1.54) is 24.3 Å². The number of carbonyl (C=O) groups is 1. The number of hydrogen-bond donors (Lipinski definition) is 5. The molecule has 1 amide bonds. The molecule has 8 nitrogen and oxygen atoms in total. The molecular weight excluding hydrogens is 414 g/mol. The summed E-state index contributed by atoms with van der Waals surface area (Å²) in [6.07, 6.45) is 0. The van der Waals surface area contributed by atoms with E-state index in [1.54, 1.807) is 42.5 Å². The minimum atomic E-state index is -3.78. The second-order valence-electron chi connectivity index (χ2n) is 6.23. The molecule has 148 valence electrons. The van der Waals surface area contributed by atoms with E-state index in [0.29, 0.717) is 22.0 Å². The van der Waals surface area contributed by atoms with Crippen molar-refractivity contribution in [2.75, 3.05) is 20.9 Å². The van der Waals surface area contributed by atoms with Gasteiger partial charge in [-0.2, -0.15) is 0 Å². The fraction of sp³-hybridized carbons (Fsp3) is 0. The Bertz CT molecular complexity index is 1180. The maximum atomic E-state index is 12.5. The van der Waals surface area contributed by atoms with Crippen LogP contribution < -0.4 is 26.4 Å². The molecule has 1 aliphatic heterocycles. The van der Waals surface area contributed by atoms with Gasteiger partial charge in [-0.25, -0.2) is 8.42 Å². The molecule has 0 aromatic heterocycles. The SMILES string of the molecule is O=C(Nc1cccc(NS(=O)(=O)c2ccc(Cl)cc2)c1)c1ccc2c(c1)NNN2. The van der Waals surface area contributed by atoms with Crippen LogP contribution in [0.3, 0.4) is 0 Å². The van der Waals surface area contributed by atoms with Gasteiger partial charge >= 0.3 is 0 Å². The van der Waals surface area contributed by atoms with Crippen molar-refractivity contribution < 1.29 is 13.2 Å². The van der Waals surface area contributed by atoms with Gasteiger partial charge in [-0.05, 0) is 60.7 Å². The van der Waals surface area contributed by atoms with E-state index in [-0.39, 0.29) is 10.8 Å². The predicted molar refractivity (Wildman–Crippen MR) is 113 cm³/mol. The zero-order valence-corrected chi connectivity index (χ0v) is 16.4. The number of carbonyl (C=O) groups excluding carboxylic acids is 1. The minimum Gasteiger partial charge on any atom is -0.322 e. The van der Waals surface area contributed by atoms with Gasteiger partial charge in [-0.15, -0.1) is 5.53 Å². The van der Waals surface area contributed by atoms with Crippen molar-refractivity contribution in [3.05, 3.63) is 77.3 Å². The van der Waals surface area contributed by atoms with Crippen LogP contribution in [0.2, 0.25) is 5.02 Å². The number of nitrogens with one attached hydrogen (secondary N) is 5. The van der Waals surface area contributed by atoms with Crippen molar-refractivity contribution in [3.8, 4) is 0 Å². The van der Waals surface area contributed by atoms with Gasteiger partial charge in [0.2, 0.25) is 0 Å². The number of hydrazine groups is 2. The minimum absolute atomic E-state index is 0.0872. The van der Waals surface area contributed by atoms with Crippen LogP contribution in [0.4, 0.5) is 22.7 Å². The summed E-state index contributed by atoms with van der Waals surface area (Å²) >= 11 is 5.81. The topological polar surface area (TPSA) is 111 Å². The van der Waals surface area contributed by atoms with E-state index in [4.69, 9.17) is 11.6 Å². The average Bonchev–Trinajstić information content (AvgIpc) is 3.16. The zero-order chi connectivity index (χ0) is 20.4. The molecule has 0 aliphatic carbocycles. The van der Waals surface area contributed by atoms with Crippen molar-refractivity contribution in [1.29, 1.82) is 0 Å². The third-order valence-electron chi connectivity index (χ3n) is 4.17. The Kier molecular flexibility index (Phi) is 5.01. The molecule has 0 fully saturated rings. The highest BCUT2D eigenvalue weighted by Crippen LogP contribution is 2.26. The van der Waals surface area contributed by atoms with Crippen LogP contribution in [-0.4, -0.2) is 14.3 Å². The molecular formula is C19H16ClN5O3S. The monoisotopic (exact) mass is 429 g/mol. The molecule has 3 aromatic carbocycles. The van der Waals surface area contributed by atoms with Gasteiger partial charge in [0, 0.05) is 16.3 Å². The molecule has 0 radical (unpaired) electrons. The van der Waals surface area contributed by atoms with E-state index in [2.05, 4.69) is 26.4 Å². The maximum Gasteiger partial charge on any atom is 0.261 e. The maximum absolute atomic E-state index is 12.5. The van der Waals surface area contributed by atoms with Gasteiger partial charge < -0.3 is 16.2 Å². The molecule has 0 saturated heterocycles. The fourth-order valence-corrected chi connectivity index (χ4v) is 3.93. The highest BCUT2D eigenvalue weighted by atomic mass is 35.5. The Hall–Kier alpha value is -3.27. The molecule has 1 heterocycles. The number of amides is 1. The van der Waals surface area contributed by atoms with Gasteiger partial charge in [-0.3, -0.25) is 9.52 Å². The first-order valence-electron chi connectivity index (χ1n) is 8.52. The molecule has 0 bridgehead atoms. The smallest absolute Gasteiger partial charge is 0.261 e. The number of benzene rings is 3. The quantitative estimate of drug-likeness (QED) is 0.423. The molecule has 0 atom stereocenters. The van der Waals surface area contributed by atoms with Gasteiger partial charge in [0.1, 0.15) is 0 Å². The predicted octanol–water partition coefficient (Wildman–Crippen LogP) is 3.65. The molecule has 10 heteroatoms. The lowest BCUT2D eigenvalue weighted by atomic mass is 10.1. The van der Waals surface area contributed by atoms with Gasteiger partial charge in [0.05, 0.1) is 22.0 Å². The number of fused-ring (bicyclic) bond motifs is 1. The second-order valence-corrected chi connectivity index (χ2v) is 8.35. The Balaban J connectivity index is 1.50. The number of anilines is 4. The highest BCUT2D eigenvalue weighted by Gasteiger charge is 2.16. The molecule has 5 N–H and O–H groups in total. The van der Waals surface area contributed by atoms with Crippen molar-refractivity contribution in [1.82, 2.24) is 5.53 Å². The van der Waals surface area contributed by atoms with Crippen LogP contribution in [0.15, 0.2) is 71.6 Å². The normalized spacial score (nSPS) is 12.4. The molecule has 0 saturated carbocycles. The van der Waals surface area contributed by atoms with Crippen LogP contribution in [-0.2, 0) is 10.0 Å². The summed E-state index contributed by atoms with van der Waals surface area (Å²) in [6.45, 7) is 0. The molecule has 29 heavy (non-hydrogen) atoms. The number of sulfonamides is 1. The fourth-order valence-electron chi connectivity index (χ4n) is 2.76. The molecule has 4 rings (SSSR count). The van der Waals surface area contributed by atoms with Crippen LogP contribution in [0.5, 0.6) is 0 Å². The molecule has 1 aliphatic rings. The van der Waals surface area contributed by atoms with Crippen molar-refractivity contribution in [2.24, 2.45) is 0 Å². The Labute approximate surface area is 172 Å². The summed E-state index contributed by atoms with van der Waals surface area (Å²) in [5.74, 6) is -0.320. The first-order chi connectivity index (χ1) is 13.9. The lowest BCUT2D eigenvalue weighted by molar-refractivity contribution is 0.102. The van der Waals surface area contributed by atoms with Crippen LogP contribution in [0.1, 0.15) is 10.4 Å². The molecule has 0 unspecified atom stereocenters. The Morgan fingerprint density at radius 3 is 2.38 bits per heavy atom. The van der Waals surface area contributed by atoms with Gasteiger partial charge in [0.15, 0.2) is 0 Å². The lowest BCUT2D eigenvalue weighted by Crippen LogP contribution is -2.19. The first-order valence-corrected chi connectivity index (χ1v) is 10.4.